The van der Waals surface area contributed by atoms with Crippen LogP contribution in [-0.2, 0) is 4.79 Å². The zero-order valence-electron chi connectivity index (χ0n) is 13.1. The number of para-hydroxylation sites is 1. The molecule has 1 N–H and O–H groups in total. The van der Waals surface area contributed by atoms with E-state index in [1.165, 1.54) is 0 Å². The van der Waals surface area contributed by atoms with Crippen LogP contribution in [0.2, 0.25) is 0 Å². The lowest BCUT2D eigenvalue weighted by molar-refractivity contribution is -0.118. The molecule has 2 aromatic rings. The van der Waals surface area contributed by atoms with Crippen LogP contribution >= 0.6 is 0 Å². The molecule has 0 unspecified atom stereocenters. The Bertz CT molecular complexity index is 741. The molecule has 1 atom stereocenters. The number of benzene rings is 1. The van der Waals surface area contributed by atoms with Crippen molar-refractivity contribution in [3.8, 4) is 11.5 Å². The van der Waals surface area contributed by atoms with Crippen LogP contribution in [0.3, 0.4) is 0 Å². The number of carbonyl (C=O) groups is 1. The molecule has 2 heterocycles. The van der Waals surface area contributed by atoms with Crippen LogP contribution in [-0.4, -0.2) is 24.6 Å². The van der Waals surface area contributed by atoms with Crippen LogP contribution in [0.15, 0.2) is 48.2 Å². The Labute approximate surface area is 135 Å². The van der Waals surface area contributed by atoms with Gasteiger partial charge in [0.1, 0.15) is 6.61 Å². The summed E-state index contributed by atoms with van der Waals surface area (Å²) in [6.07, 6.45) is 3.55. The molecule has 0 saturated heterocycles. The van der Waals surface area contributed by atoms with E-state index in [-0.39, 0.29) is 18.6 Å². The summed E-state index contributed by atoms with van der Waals surface area (Å²) in [6.45, 7) is 2.12. The molecule has 1 aromatic heterocycles. The van der Waals surface area contributed by atoms with E-state index in [2.05, 4.69) is 10.3 Å². The van der Waals surface area contributed by atoms with E-state index >= 15 is 0 Å². The summed E-state index contributed by atoms with van der Waals surface area (Å²) >= 11 is 0. The number of methoxy groups -OCH3 is 1. The van der Waals surface area contributed by atoms with E-state index in [1.807, 2.05) is 49.4 Å². The molecule has 0 bridgehead atoms. The lowest BCUT2D eigenvalue weighted by Crippen LogP contribution is -2.31. The van der Waals surface area contributed by atoms with Crippen molar-refractivity contribution in [3.63, 3.8) is 0 Å². The van der Waals surface area contributed by atoms with Gasteiger partial charge in [0.05, 0.1) is 24.4 Å². The Morgan fingerprint density at radius 2 is 2.17 bits per heavy atom. The minimum Gasteiger partial charge on any atom is -0.493 e. The SMILES string of the molecule is COc1cccc2c1OCC(C(=O)N[C@@H](C)c1ccccn1)=C2. The Balaban J connectivity index is 1.77. The van der Waals surface area contributed by atoms with Crippen molar-refractivity contribution in [2.45, 2.75) is 13.0 Å². The zero-order chi connectivity index (χ0) is 16.2. The minimum atomic E-state index is -0.170. The molecule has 1 aliphatic rings. The van der Waals surface area contributed by atoms with Gasteiger partial charge in [0, 0.05) is 11.8 Å². The van der Waals surface area contributed by atoms with Crippen LogP contribution in [0, 0.1) is 0 Å². The molecule has 0 radical (unpaired) electrons. The molecule has 118 valence electrons. The van der Waals surface area contributed by atoms with Crippen molar-refractivity contribution < 1.29 is 14.3 Å². The topological polar surface area (TPSA) is 60.5 Å². The van der Waals surface area contributed by atoms with Gasteiger partial charge in [0.2, 0.25) is 0 Å². The summed E-state index contributed by atoms with van der Waals surface area (Å²) in [6, 6.07) is 11.1. The number of fused-ring (bicyclic) bond motifs is 1. The van der Waals surface area contributed by atoms with Crippen molar-refractivity contribution in [1.82, 2.24) is 10.3 Å². The van der Waals surface area contributed by atoms with Crippen molar-refractivity contribution in [1.29, 1.82) is 0 Å². The number of aromatic nitrogens is 1. The Hall–Kier alpha value is -2.82. The third kappa shape index (κ3) is 3.18. The highest BCUT2D eigenvalue weighted by Gasteiger charge is 2.21. The van der Waals surface area contributed by atoms with Gasteiger partial charge in [-0.05, 0) is 31.2 Å². The predicted molar refractivity (Wildman–Crippen MR) is 87.3 cm³/mol. The van der Waals surface area contributed by atoms with Crippen LogP contribution in [0.25, 0.3) is 6.08 Å². The van der Waals surface area contributed by atoms with E-state index < -0.39 is 0 Å². The first kappa shape index (κ1) is 15.1. The first-order valence-electron chi connectivity index (χ1n) is 7.41. The monoisotopic (exact) mass is 310 g/mol. The molecule has 1 aromatic carbocycles. The summed E-state index contributed by atoms with van der Waals surface area (Å²) in [7, 11) is 1.60. The second kappa shape index (κ2) is 6.52. The fourth-order valence-corrected chi connectivity index (χ4v) is 2.47. The van der Waals surface area contributed by atoms with E-state index in [9.17, 15) is 4.79 Å². The number of nitrogens with zero attached hydrogens (tertiary/aromatic N) is 1. The number of nitrogens with one attached hydrogen (secondary N) is 1. The fourth-order valence-electron chi connectivity index (χ4n) is 2.47. The van der Waals surface area contributed by atoms with Gasteiger partial charge in [-0.3, -0.25) is 9.78 Å². The summed E-state index contributed by atoms with van der Waals surface area (Å²) in [5.41, 5.74) is 2.24. The van der Waals surface area contributed by atoms with Gasteiger partial charge in [-0.1, -0.05) is 18.2 Å². The third-order valence-electron chi connectivity index (χ3n) is 3.70. The van der Waals surface area contributed by atoms with Crippen LogP contribution < -0.4 is 14.8 Å². The van der Waals surface area contributed by atoms with E-state index in [0.717, 1.165) is 11.3 Å². The average molecular weight is 310 g/mol. The molecule has 3 rings (SSSR count). The first-order chi connectivity index (χ1) is 11.2. The lowest BCUT2D eigenvalue weighted by Gasteiger charge is -2.21. The summed E-state index contributed by atoms with van der Waals surface area (Å²) < 4.78 is 11.0. The molecule has 1 aliphatic heterocycles. The second-order valence-electron chi connectivity index (χ2n) is 5.29. The summed E-state index contributed by atoms with van der Waals surface area (Å²) in [5, 5.41) is 2.94. The minimum absolute atomic E-state index is 0.156. The van der Waals surface area contributed by atoms with Crippen molar-refractivity contribution >= 4 is 12.0 Å². The normalized spacial score (nSPS) is 14.1. The van der Waals surface area contributed by atoms with Gasteiger partial charge in [0.25, 0.3) is 5.91 Å². The van der Waals surface area contributed by atoms with Crippen LogP contribution in [0.5, 0.6) is 11.5 Å². The number of rotatable bonds is 4. The molecule has 0 fully saturated rings. The lowest BCUT2D eigenvalue weighted by atomic mass is 10.1. The highest BCUT2D eigenvalue weighted by Crippen LogP contribution is 2.35. The molecule has 0 spiro atoms. The zero-order valence-corrected chi connectivity index (χ0v) is 13.1. The van der Waals surface area contributed by atoms with E-state index in [0.29, 0.717) is 17.1 Å². The molecule has 0 aliphatic carbocycles. The summed E-state index contributed by atoms with van der Waals surface area (Å²) in [5.74, 6) is 1.18. The van der Waals surface area contributed by atoms with Gasteiger partial charge >= 0.3 is 0 Å². The van der Waals surface area contributed by atoms with Gasteiger partial charge in [-0.25, -0.2) is 0 Å². The van der Waals surface area contributed by atoms with Gasteiger partial charge in [-0.15, -0.1) is 0 Å². The fraction of sp³-hybridized carbons (Fsp3) is 0.222. The quantitative estimate of drug-likeness (QED) is 0.943. The highest BCUT2D eigenvalue weighted by molar-refractivity contribution is 5.99. The maximum absolute atomic E-state index is 12.4. The number of hydrogen-bond donors (Lipinski definition) is 1. The molecule has 0 saturated carbocycles. The number of carbonyl (C=O) groups excluding carboxylic acids is 1. The third-order valence-corrected chi connectivity index (χ3v) is 3.70. The number of ether oxygens (including phenoxy) is 2. The molecular weight excluding hydrogens is 292 g/mol. The smallest absolute Gasteiger partial charge is 0.251 e. The van der Waals surface area contributed by atoms with Crippen LogP contribution in [0.1, 0.15) is 24.2 Å². The Kier molecular flexibility index (Phi) is 4.28. The largest absolute Gasteiger partial charge is 0.493 e. The van der Waals surface area contributed by atoms with Gasteiger partial charge in [-0.2, -0.15) is 0 Å². The van der Waals surface area contributed by atoms with Gasteiger partial charge < -0.3 is 14.8 Å². The summed E-state index contributed by atoms with van der Waals surface area (Å²) in [4.78, 5) is 16.7. The molecule has 5 nitrogen and oxygen atoms in total. The van der Waals surface area contributed by atoms with Gasteiger partial charge in [0.15, 0.2) is 11.5 Å². The Morgan fingerprint density at radius 3 is 2.91 bits per heavy atom. The maximum Gasteiger partial charge on any atom is 0.251 e. The number of pyridine rings is 1. The Morgan fingerprint density at radius 1 is 1.30 bits per heavy atom. The van der Waals surface area contributed by atoms with E-state index in [1.54, 1.807) is 13.3 Å². The highest BCUT2D eigenvalue weighted by atomic mass is 16.5. The molecule has 1 amide bonds. The van der Waals surface area contributed by atoms with Crippen LogP contribution in [0.4, 0.5) is 0 Å². The first-order valence-corrected chi connectivity index (χ1v) is 7.41. The van der Waals surface area contributed by atoms with Crippen molar-refractivity contribution in [3.05, 3.63) is 59.4 Å². The molecule has 23 heavy (non-hydrogen) atoms. The average Bonchev–Trinajstić information content (AvgIpc) is 2.61. The number of amides is 1. The standard InChI is InChI=1S/C18H18N2O3/c1-12(15-7-3-4-9-19-15)20-18(21)14-10-13-6-5-8-16(22-2)17(13)23-11-14/h3-10,12H,11H2,1-2H3,(H,20,21)/t12-/m0/s1. The molecule has 5 heteroatoms. The second-order valence-corrected chi connectivity index (χ2v) is 5.29. The van der Waals surface area contributed by atoms with Crippen molar-refractivity contribution in [2.75, 3.05) is 13.7 Å². The van der Waals surface area contributed by atoms with E-state index in [4.69, 9.17) is 9.47 Å². The number of hydrogen-bond acceptors (Lipinski definition) is 4. The maximum atomic E-state index is 12.4. The predicted octanol–water partition coefficient (Wildman–Crippen LogP) is 2.74. The molecular formula is C18H18N2O3. The van der Waals surface area contributed by atoms with Crippen molar-refractivity contribution in [2.24, 2.45) is 0 Å².